The van der Waals surface area contributed by atoms with E-state index in [1.54, 1.807) is 0 Å². The number of anilines is 1. The summed E-state index contributed by atoms with van der Waals surface area (Å²) in [7, 11) is -3.71. The molecular formula is C13H16FN3O2S2. The number of aryl methyl sites for hydroxylation is 2. The lowest BCUT2D eigenvalue weighted by atomic mass is 10.2. The highest BCUT2D eigenvalue weighted by Crippen LogP contribution is 2.21. The predicted octanol–water partition coefficient (Wildman–Crippen LogP) is 2.00. The lowest BCUT2D eigenvalue weighted by molar-refractivity contribution is 0.580. The zero-order valence-electron chi connectivity index (χ0n) is 11.7. The summed E-state index contributed by atoms with van der Waals surface area (Å²) in [6, 6.07) is 2.26. The summed E-state index contributed by atoms with van der Waals surface area (Å²) in [6.45, 7) is 3.64. The molecule has 0 saturated carbocycles. The topological polar surface area (TPSA) is 85.1 Å². The number of nitrogens with zero attached hydrogens (tertiary/aromatic N) is 1. The summed E-state index contributed by atoms with van der Waals surface area (Å²) < 4.78 is 40.2. The van der Waals surface area contributed by atoms with Gasteiger partial charge in [-0.25, -0.2) is 22.5 Å². The van der Waals surface area contributed by atoms with Crippen molar-refractivity contribution in [2.24, 2.45) is 0 Å². The van der Waals surface area contributed by atoms with Crippen molar-refractivity contribution < 1.29 is 12.8 Å². The molecule has 0 aliphatic rings. The van der Waals surface area contributed by atoms with Crippen LogP contribution in [0, 0.1) is 19.7 Å². The van der Waals surface area contributed by atoms with Gasteiger partial charge in [0.1, 0.15) is 5.82 Å². The number of thiazole rings is 1. The highest BCUT2D eigenvalue weighted by molar-refractivity contribution is 7.89. The second-order valence-corrected chi connectivity index (χ2v) is 7.44. The van der Waals surface area contributed by atoms with Crippen LogP contribution in [0.3, 0.4) is 0 Å². The van der Waals surface area contributed by atoms with Crippen LogP contribution in [0.5, 0.6) is 0 Å². The number of halogens is 1. The van der Waals surface area contributed by atoms with Crippen LogP contribution in [-0.4, -0.2) is 19.9 Å². The molecule has 0 aliphatic heterocycles. The fraction of sp³-hybridized carbons (Fsp3) is 0.308. The molecule has 0 bridgehead atoms. The average molecular weight is 329 g/mol. The first kappa shape index (κ1) is 15.9. The minimum Gasteiger partial charge on any atom is -0.396 e. The lowest BCUT2D eigenvalue weighted by Gasteiger charge is -2.10. The molecule has 21 heavy (non-hydrogen) atoms. The van der Waals surface area contributed by atoms with Crippen molar-refractivity contribution in [1.82, 2.24) is 9.71 Å². The Kier molecular flexibility index (Phi) is 4.60. The Hall–Kier alpha value is -1.51. The van der Waals surface area contributed by atoms with E-state index in [2.05, 4.69) is 9.71 Å². The van der Waals surface area contributed by atoms with Crippen LogP contribution < -0.4 is 10.5 Å². The molecule has 0 saturated heterocycles. The number of hydrogen-bond donors (Lipinski definition) is 2. The third kappa shape index (κ3) is 3.78. The molecule has 0 atom stereocenters. The van der Waals surface area contributed by atoms with Gasteiger partial charge in [-0.2, -0.15) is 0 Å². The van der Waals surface area contributed by atoms with E-state index in [-0.39, 0.29) is 17.1 Å². The molecule has 114 valence electrons. The Morgan fingerprint density at radius 1 is 1.38 bits per heavy atom. The van der Waals surface area contributed by atoms with E-state index < -0.39 is 15.8 Å². The van der Waals surface area contributed by atoms with Gasteiger partial charge in [0, 0.05) is 18.3 Å². The zero-order chi connectivity index (χ0) is 15.6. The summed E-state index contributed by atoms with van der Waals surface area (Å²) >= 11 is 1.52. The van der Waals surface area contributed by atoms with Crippen LogP contribution in [0.15, 0.2) is 22.4 Å². The normalized spacial score (nSPS) is 11.8. The average Bonchev–Trinajstić information content (AvgIpc) is 2.79. The monoisotopic (exact) mass is 329 g/mol. The van der Waals surface area contributed by atoms with E-state index in [9.17, 15) is 12.8 Å². The summed E-state index contributed by atoms with van der Waals surface area (Å²) in [6.07, 6.45) is 0.499. The summed E-state index contributed by atoms with van der Waals surface area (Å²) in [5, 5.41) is 2.83. The molecule has 0 unspecified atom stereocenters. The fourth-order valence-electron chi connectivity index (χ4n) is 1.87. The van der Waals surface area contributed by atoms with E-state index in [4.69, 9.17) is 5.73 Å². The molecule has 1 aromatic carbocycles. The Morgan fingerprint density at radius 2 is 2.10 bits per heavy atom. The third-order valence-electron chi connectivity index (χ3n) is 2.92. The summed E-state index contributed by atoms with van der Waals surface area (Å²) in [4.78, 5) is 4.26. The van der Waals surface area contributed by atoms with Crippen molar-refractivity contribution in [1.29, 1.82) is 0 Å². The maximum atomic E-state index is 13.3. The first-order chi connectivity index (χ1) is 9.79. The first-order valence-electron chi connectivity index (χ1n) is 6.26. The van der Waals surface area contributed by atoms with E-state index in [1.165, 1.54) is 18.3 Å². The Labute approximate surface area is 127 Å². The highest BCUT2D eigenvalue weighted by Gasteiger charge is 2.18. The van der Waals surface area contributed by atoms with Gasteiger partial charge in [-0.15, -0.1) is 11.3 Å². The van der Waals surface area contributed by atoms with Gasteiger partial charge in [-0.3, -0.25) is 0 Å². The van der Waals surface area contributed by atoms with Gasteiger partial charge in [0.2, 0.25) is 10.0 Å². The van der Waals surface area contributed by atoms with Gasteiger partial charge >= 0.3 is 0 Å². The molecule has 1 aromatic heterocycles. The minimum atomic E-state index is -3.71. The standard InChI is InChI=1S/C13H16FN3O2S2/c1-8-5-11(14)12(15)6-13(8)21(18,19)16-4-3-10-7-20-9(2)17-10/h5-7,16H,3-4,15H2,1-2H3. The molecule has 0 fully saturated rings. The smallest absolute Gasteiger partial charge is 0.240 e. The van der Waals surface area contributed by atoms with Gasteiger partial charge in [-0.1, -0.05) is 0 Å². The Bertz CT molecular complexity index is 757. The van der Waals surface area contributed by atoms with E-state index in [0.717, 1.165) is 22.8 Å². The maximum Gasteiger partial charge on any atom is 0.240 e. The fourth-order valence-corrected chi connectivity index (χ4v) is 3.81. The molecule has 5 nitrogen and oxygen atoms in total. The van der Waals surface area contributed by atoms with Gasteiger partial charge in [0.05, 0.1) is 21.3 Å². The quantitative estimate of drug-likeness (QED) is 0.822. The van der Waals surface area contributed by atoms with Crippen molar-refractivity contribution >= 4 is 27.0 Å². The zero-order valence-corrected chi connectivity index (χ0v) is 13.3. The first-order valence-corrected chi connectivity index (χ1v) is 8.62. The molecule has 2 rings (SSSR count). The number of nitrogens with two attached hydrogens (primary N) is 1. The van der Waals surface area contributed by atoms with Crippen LogP contribution in [0.1, 0.15) is 16.3 Å². The molecule has 0 spiro atoms. The second-order valence-electron chi connectivity index (χ2n) is 4.64. The third-order valence-corrected chi connectivity index (χ3v) is 5.35. The molecule has 3 N–H and O–H groups in total. The van der Waals surface area contributed by atoms with Gasteiger partial charge in [0.15, 0.2) is 0 Å². The van der Waals surface area contributed by atoms with E-state index >= 15 is 0 Å². The van der Waals surface area contributed by atoms with Gasteiger partial charge in [0.25, 0.3) is 0 Å². The predicted molar refractivity (Wildman–Crippen MR) is 81.3 cm³/mol. The van der Waals surface area contributed by atoms with Crippen LogP contribution in [0.25, 0.3) is 0 Å². The number of nitrogen functional groups attached to an aromatic ring is 1. The van der Waals surface area contributed by atoms with Crippen LogP contribution in [0.4, 0.5) is 10.1 Å². The van der Waals surface area contributed by atoms with Crippen molar-refractivity contribution in [3.05, 3.63) is 39.6 Å². The molecule has 0 radical (unpaired) electrons. The van der Waals surface area contributed by atoms with Crippen molar-refractivity contribution in [2.45, 2.75) is 25.2 Å². The highest BCUT2D eigenvalue weighted by atomic mass is 32.2. The van der Waals surface area contributed by atoms with E-state index in [0.29, 0.717) is 12.0 Å². The summed E-state index contributed by atoms with van der Waals surface area (Å²) in [5.74, 6) is -0.621. The van der Waals surface area contributed by atoms with Crippen molar-refractivity contribution in [3.63, 3.8) is 0 Å². The summed E-state index contributed by atoms with van der Waals surface area (Å²) in [5.41, 5.74) is 6.41. The Balaban J connectivity index is 2.10. The number of aromatic nitrogens is 1. The second kappa shape index (κ2) is 6.08. The molecule has 1 heterocycles. The SMILES string of the molecule is Cc1nc(CCNS(=O)(=O)c2cc(N)c(F)cc2C)cs1. The number of benzene rings is 1. The molecule has 0 aliphatic carbocycles. The van der Waals surface area contributed by atoms with Crippen LogP contribution in [-0.2, 0) is 16.4 Å². The minimum absolute atomic E-state index is 0.00383. The molecule has 2 aromatic rings. The molecular weight excluding hydrogens is 313 g/mol. The van der Waals surface area contributed by atoms with Gasteiger partial charge in [-0.05, 0) is 31.5 Å². The molecule has 8 heteroatoms. The van der Waals surface area contributed by atoms with Gasteiger partial charge < -0.3 is 5.73 Å². The van der Waals surface area contributed by atoms with Crippen LogP contribution >= 0.6 is 11.3 Å². The number of nitrogens with one attached hydrogen (secondary N) is 1. The number of hydrogen-bond acceptors (Lipinski definition) is 5. The largest absolute Gasteiger partial charge is 0.396 e. The van der Waals surface area contributed by atoms with Crippen molar-refractivity contribution in [2.75, 3.05) is 12.3 Å². The number of rotatable bonds is 5. The van der Waals surface area contributed by atoms with E-state index in [1.807, 2.05) is 12.3 Å². The Morgan fingerprint density at radius 3 is 2.71 bits per heavy atom. The number of sulfonamides is 1. The lowest BCUT2D eigenvalue weighted by Crippen LogP contribution is -2.27. The molecule has 0 amide bonds. The van der Waals surface area contributed by atoms with Crippen LogP contribution in [0.2, 0.25) is 0 Å². The van der Waals surface area contributed by atoms with Crippen molar-refractivity contribution in [3.8, 4) is 0 Å². The maximum absolute atomic E-state index is 13.3.